The van der Waals surface area contributed by atoms with Gasteiger partial charge in [-0.3, -0.25) is 0 Å². The molecule has 0 saturated heterocycles. The number of hydrogen-bond donors (Lipinski definition) is 1. The third kappa shape index (κ3) is 1.92. The lowest BCUT2D eigenvalue weighted by Gasteiger charge is -2.36. The van der Waals surface area contributed by atoms with Crippen molar-refractivity contribution >= 4 is 11.5 Å². The van der Waals surface area contributed by atoms with Gasteiger partial charge in [-0.15, -0.1) is 0 Å². The van der Waals surface area contributed by atoms with Crippen LogP contribution in [0.15, 0.2) is 42.6 Å². The largest absolute Gasteiger partial charge is 0.461 e. The molecule has 0 radical (unpaired) electrons. The summed E-state index contributed by atoms with van der Waals surface area (Å²) in [6.07, 6.45) is 6.62. The van der Waals surface area contributed by atoms with Gasteiger partial charge in [-0.2, -0.15) is 0 Å². The van der Waals surface area contributed by atoms with Gasteiger partial charge in [0, 0.05) is 18.0 Å². The van der Waals surface area contributed by atoms with Crippen molar-refractivity contribution in [3.8, 4) is 0 Å². The third-order valence-corrected chi connectivity index (χ3v) is 4.81. The number of esters is 1. The van der Waals surface area contributed by atoms with Gasteiger partial charge < -0.3 is 9.72 Å². The van der Waals surface area contributed by atoms with Crippen LogP contribution in [0.3, 0.4) is 0 Å². The van der Waals surface area contributed by atoms with Crippen molar-refractivity contribution < 1.29 is 9.53 Å². The molecule has 3 aliphatic rings. The summed E-state index contributed by atoms with van der Waals surface area (Å²) in [7, 11) is 0. The zero-order valence-electron chi connectivity index (χ0n) is 12.6. The summed E-state index contributed by atoms with van der Waals surface area (Å²) in [4.78, 5) is 15.3. The van der Waals surface area contributed by atoms with Crippen molar-refractivity contribution in [3.05, 3.63) is 65.0 Å². The molecule has 1 N–H and O–H groups in total. The van der Waals surface area contributed by atoms with Crippen LogP contribution in [0, 0.1) is 0 Å². The molecule has 2 unspecified atom stereocenters. The first-order chi connectivity index (χ1) is 10.8. The predicted octanol–water partition coefficient (Wildman–Crippen LogP) is 4.25. The first-order valence-corrected chi connectivity index (χ1v) is 7.95. The van der Waals surface area contributed by atoms with E-state index in [9.17, 15) is 4.79 Å². The maximum absolute atomic E-state index is 12.1. The minimum Gasteiger partial charge on any atom is -0.461 e. The Morgan fingerprint density at radius 1 is 1.27 bits per heavy atom. The summed E-state index contributed by atoms with van der Waals surface area (Å²) in [5.74, 6) is 0.480. The van der Waals surface area contributed by atoms with Crippen LogP contribution in [0.1, 0.15) is 58.8 Å². The Morgan fingerprint density at radius 2 is 2.09 bits per heavy atom. The van der Waals surface area contributed by atoms with Crippen LogP contribution in [0.5, 0.6) is 0 Å². The number of fused-ring (bicyclic) bond motifs is 1. The molecule has 0 amide bonds. The van der Waals surface area contributed by atoms with E-state index < -0.39 is 0 Å². The smallest absolute Gasteiger partial charge is 0.355 e. The molecule has 3 heteroatoms. The number of carbonyl (C=O) groups is 1. The number of H-pyrrole nitrogens is 1. The van der Waals surface area contributed by atoms with Crippen LogP contribution in [-0.2, 0) is 4.74 Å². The summed E-state index contributed by atoms with van der Waals surface area (Å²) in [6, 6.07) is 10.6. The fourth-order valence-electron chi connectivity index (χ4n) is 3.91. The maximum Gasteiger partial charge on any atom is 0.355 e. The second kappa shape index (κ2) is 5.16. The number of hydrogen-bond acceptors (Lipinski definition) is 2. The first-order valence-electron chi connectivity index (χ1n) is 7.95. The standard InChI is InChI=1S/C19H19NO2/c1-2-22-19(21)18-17-13-8-9-14(16(17)11-20-18)15(10-13)12-6-4-3-5-7-12/h3-7,10-11,13-14,20H,2,8-9H2,1H3. The van der Waals surface area contributed by atoms with Crippen molar-refractivity contribution in [2.45, 2.75) is 31.6 Å². The highest BCUT2D eigenvalue weighted by molar-refractivity contribution is 5.92. The van der Waals surface area contributed by atoms with Crippen molar-refractivity contribution in [3.63, 3.8) is 0 Å². The Balaban J connectivity index is 1.76. The molecule has 22 heavy (non-hydrogen) atoms. The van der Waals surface area contributed by atoms with Crippen molar-refractivity contribution in [1.82, 2.24) is 4.98 Å². The van der Waals surface area contributed by atoms with Crippen molar-refractivity contribution in [1.29, 1.82) is 0 Å². The molecule has 1 heterocycles. The zero-order chi connectivity index (χ0) is 15.1. The Bertz CT molecular complexity index is 742. The van der Waals surface area contributed by atoms with Gasteiger partial charge in [0.15, 0.2) is 0 Å². The van der Waals surface area contributed by atoms with Crippen LogP contribution in [0.25, 0.3) is 5.57 Å². The van der Waals surface area contributed by atoms with Gasteiger partial charge in [-0.25, -0.2) is 4.79 Å². The minimum atomic E-state index is -0.231. The average molecular weight is 293 g/mol. The van der Waals surface area contributed by atoms with Gasteiger partial charge in [0.2, 0.25) is 0 Å². The van der Waals surface area contributed by atoms with E-state index >= 15 is 0 Å². The normalized spacial score (nSPS) is 22.1. The number of rotatable bonds is 3. The number of allylic oxidation sites excluding steroid dienone is 2. The molecule has 3 aliphatic carbocycles. The third-order valence-electron chi connectivity index (χ3n) is 4.81. The fourth-order valence-corrected chi connectivity index (χ4v) is 3.91. The molecule has 2 aromatic rings. The maximum atomic E-state index is 12.1. The molecule has 3 nitrogen and oxygen atoms in total. The Kier molecular flexibility index (Phi) is 3.14. The second-order valence-corrected chi connectivity index (χ2v) is 5.98. The number of aromatic amines is 1. The molecule has 0 saturated carbocycles. The molecule has 0 spiro atoms. The molecular weight excluding hydrogens is 274 g/mol. The highest BCUT2D eigenvalue weighted by Gasteiger charge is 2.38. The van der Waals surface area contributed by atoms with Gasteiger partial charge in [0.25, 0.3) is 0 Å². The van der Waals surface area contributed by atoms with E-state index in [1.165, 1.54) is 16.7 Å². The zero-order valence-corrected chi connectivity index (χ0v) is 12.6. The SMILES string of the molecule is CCOC(=O)c1[nH]cc2c1C1C=C(c3ccccc3)C2CC1. The number of benzene rings is 1. The molecule has 0 fully saturated rings. The number of ether oxygens (including phenoxy) is 1. The fraction of sp³-hybridized carbons (Fsp3) is 0.316. The Morgan fingerprint density at radius 3 is 2.86 bits per heavy atom. The lowest BCUT2D eigenvalue weighted by atomic mass is 9.67. The molecule has 0 aliphatic heterocycles. The molecule has 2 atom stereocenters. The van der Waals surface area contributed by atoms with E-state index in [-0.39, 0.29) is 5.97 Å². The quantitative estimate of drug-likeness (QED) is 0.860. The molecule has 2 bridgehead atoms. The van der Waals surface area contributed by atoms with E-state index in [0.717, 1.165) is 18.4 Å². The minimum absolute atomic E-state index is 0.231. The van der Waals surface area contributed by atoms with E-state index in [2.05, 4.69) is 35.3 Å². The molecule has 112 valence electrons. The highest BCUT2D eigenvalue weighted by atomic mass is 16.5. The highest BCUT2D eigenvalue weighted by Crippen LogP contribution is 2.52. The Labute approximate surface area is 130 Å². The summed E-state index contributed by atoms with van der Waals surface area (Å²) in [6.45, 7) is 2.25. The summed E-state index contributed by atoms with van der Waals surface area (Å²) < 4.78 is 5.18. The number of aromatic nitrogens is 1. The van der Waals surface area contributed by atoms with Crippen LogP contribution in [0.4, 0.5) is 0 Å². The Hall–Kier alpha value is -2.29. The lowest BCUT2D eigenvalue weighted by Crippen LogP contribution is -2.21. The van der Waals surface area contributed by atoms with Gasteiger partial charge in [0.1, 0.15) is 5.69 Å². The van der Waals surface area contributed by atoms with Gasteiger partial charge in [0.05, 0.1) is 6.61 Å². The van der Waals surface area contributed by atoms with Gasteiger partial charge >= 0.3 is 5.97 Å². The summed E-state index contributed by atoms with van der Waals surface area (Å²) in [5, 5.41) is 0. The second-order valence-electron chi connectivity index (χ2n) is 5.98. The molecule has 5 rings (SSSR count). The van der Waals surface area contributed by atoms with Crippen molar-refractivity contribution in [2.75, 3.05) is 6.61 Å². The van der Waals surface area contributed by atoms with E-state index in [4.69, 9.17) is 4.74 Å². The van der Waals surface area contributed by atoms with Crippen LogP contribution in [-0.4, -0.2) is 17.6 Å². The average Bonchev–Trinajstić information content (AvgIpc) is 3.03. The molecular formula is C19H19NO2. The monoisotopic (exact) mass is 293 g/mol. The number of nitrogens with one attached hydrogen (secondary N) is 1. The van der Waals surface area contributed by atoms with Gasteiger partial charge in [-0.05, 0) is 42.0 Å². The summed E-state index contributed by atoms with van der Waals surface area (Å²) >= 11 is 0. The van der Waals surface area contributed by atoms with Crippen LogP contribution in [0.2, 0.25) is 0 Å². The lowest BCUT2D eigenvalue weighted by molar-refractivity contribution is 0.0518. The molecule has 1 aromatic heterocycles. The van der Waals surface area contributed by atoms with Crippen LogP contribution < -0.4 is 0 Å². The topological polar surface area (TPSA) is 42.1 Å². The van der Waals surface area contributed by atoms with Gasteiger partial charge in [-0.1, -0.05) is 36.4 Å². The van der Waals surface area contributed by atoms with E-state index in [1.54, 1.807) is 0 Å². The molecule has 1 aromatic carbocycles. The predicted molar refractivity (Wildman–Crippen MR) is 85.9 cm³/mol. The van der Waals surface area contributed by atoms with Crippen LogP contribution >= 0.6 is 0 Å². The number of carbonyl (C=O) groups excluding carboxylic acids is 1. The van der Waals surface area contributed by atoms with Crippen molar-refractivity contribution in [2.24, 2.45) is 0 Å². The van der Waals surface area contributed by atoms with E-state index in [1.807, 2.05) is 19.2 Å². The van der Waals surface area contributed by atoms with E-state index in [0.29, 0.717) is 24.1 Å². The summed E-state index contributed by atoms with van der Waals surface area (Å²) in [5.41, 5.74) is 5.78. The first kappa shape index (κ1) is 13.4.